The van der Waals surface area contributed by atoms with Crippen LogP contribution >= 0.6 is 0 Å². The van der Waals surface area contributed by atoms with Crippen molar-refractivity contribution in [1.82, 2.24) is 0 Å². The summed E-state index contributed by atoms with van der Waals surface area (Å²) in [5.41, 5.74) is 0. The van der Waals surface area contributed by atoms with Gasteiger partial charge in [0.2, 0.25) is 0 Å². The number of carbonyl (C=O) groups excluding carboxylic acids is 3. The second-order valence-electron chi connectivity index (χ2n) is 4.19. The minimum atomic E-state index is -0.125. The Balaban J connectivity index is -0.0000000675. The molecule has 0 aromatic heterocycles. The van der Waals surface area contributed by atoms with Gasteiger partial charge in [0.25, 0.3) is 0 Å². The molecule has 5 N–H and O–H groups in total. The summed E-state index contributed by atoms with van der Waals surface area (Å²) in [4.78, 5) is 30.1. The molecule has 1 radical (unpaired) electrons. The molecule has 0 spiro atoms. The van der Waals surface area contributed by atoms with Gasteiger partial charge >= 0.3 is 0 Å². The number of hydrogen-bond donors (Lipinski definition) is 3. The van der Waals surface area contributed by atoms with E-state index in [1.54, 1.807) is 0 Å². The van der Waals surface area contributed by atoms with Crippen molar-refractivity contribution in [2.75, 3.05) is 0 Å². The second-order valence-corrected chi connectivity index (χ2v) is 4.19. The van der Waals surface area contributed by atoms with E-state index in [2.05, 4.69) is 0 Å². The summed E-state index contributed by atoms with van der Waals surface area (Å²) in [6, 6.07) is 0. The Morgan fingerprint density at radius 2 is 0.696 bits per heavy atom. The first-order chi connectivity index (χ1) is 9.38. The molecule has 0 saturated heterocycles. The molecule has 0 aromatic carbocycles. The molecule has 23 heavy (non-hydrogen) atoms. The van der Waals surface area contributed by atoms with Gasteiger partial charge in [-0.1, -0.05) is 0 Å². The van der Waals surface area contributed by atoms with Gasteiger partial charge in [-0.15, -0.1) is 0 Å². The van der Waals surface area contributed by atoms with Crippen molar-refractivity contribution in [2.45, 2.75) is 41.5 Å². The van der Waals surface area contributed by atoms with Gasteiger partial charge in [0.15, 0.2) is 17.3 Å². The van der Waals surface area contributed by atoms with Crippen LogP contribution in [0.3, 0.4) is 0 Å². The van der Waals surface area contributed by atoms with E-state index in [4.69, 9.17) is 15.3 Å². The Hall–Kier alpha value is -1.54. The summed E-state index contributed by atoms with van der Waals surface area (Å²) < 4.78 is 0. The maximum Gasteiger partial charge on any atom is 0.155 e. The second kappa shape index (κ2) is 20.5. The van der Waals surface area contributed by atoms with E-state index in [0.29, 0.717) is 0 Å². The average molecular weight is 363 g/mol. The summed E-state index contributed by atoms with van der Waals surface area (Å²) in [6.07, 6.45) is 3.50. The van der Waals surface area contributed by atoms with Gasteiger partial charge in [-0.05, 0) is 41.5 Å². The number of ketones is 3. The first kappa shape index (κ1) is 33.2. The molecule has 0 rings (SSSR count). The van der Waals surface area contributed by atoms with Crippen LogP contribution in [0.1, 0.15) is 41.5 Å². The van der Waals surface area contributed by atoms with E-state index in [9.17, 15) is 14.4 Å². The van der Waals surface area contributed by atoms with E-state index in [1.807, 2.05) is 0 Å². The van der Waals surface area contributed by atoms with E-state index >= 15 is 0 Å². The molecule has 0 amide bonds. The zero-order chi connectivity index (χ0) is 17.6. The number of allylic oxidation sites excluding steroid dienone is 6. The largest absolute Gasteiger partial charge is 0.512 e. The van der Waals surface area contributed by atoms with Gasteiger partial charge in [-0.3, -0.25) is 14.4 Å². The predicted molar refractivity (Wildman–Crippen MR) is 84.8 cm³/mol. The number of hydrogen-bond acceptors (Lipinski definition) is 6. The summed E-state index contributed by atoms with van der Waals surface area (Å²) in [5.74, 6) is -0.187. The number of aliphatic hydroxyl groups is 3. The molecule has 0 aromatic rings. The Morgan fingerprint density at radius 1 is 0.565 bits per heavy atom. The number of rotatable bonds is 3. The molecule has 0 unspecified atom stereocenters. The Kier molecular flexibility index (Phi) is 29.5. The molecule has 0 heterocycles. The third-order valence-corrected chi connectivity index (χ3v) is 1.24. The molecule has 0 aliphatic heterocycles. The monoisotopic (exact) mass is 363 g/mol. The van der Waals surface area contributed by atoms with Crippen molar-refractivity contribution in [3.8, 4) is 0 Å². The molecule has 0 saturated carbocycles. The third-order valence-electron chi connectivity index (χ3n) is 1.24. The zero-order valence-electron chi connectivity index (χ0n) is 14.4. The minimum absolute atomic E-state index is 0. The Labute approximate surface area is 155 Å². The normalized spacial score (nSPS) is 10.4. The maximum absolute atomic E-state index is 10.0. The van der Waals surface area contributed by atoms with E-state index < -0.39 is 0 Å². The molecule has 7 nitrogen and oxygen atoms in total. The van der Waals surface area contributed by atoms with Crippen LogP contribution in [0.4, 0.5) is 0 Å². The first-order valence-electron chi connectivity index (χ1n) is 6.02. The van der Waals surface area contributed by atoms with Crippen molar-refractivity contribution in [1.29, 1.82) is 0 Å². The van der Waals surface area contributed by atoms with Crippen molar-refractivity contribution < 1.29 is 61.0 Å². The van der Waals surface area contributed by atoms with Crippen molar-refractivity contribution in [3.05, 3.63) is 35.5 Å². The van der Waals surface area contributed by atoms with Gasteiger partial charge in [-0.2, -0.15) is 0 Å². The van der Waals surface area contributed by atoms with E-state index in [0.717, 1.165) is 0 Å². The molecular formula is C15H26O7Sc. The smallest absolute Gasteiger partial charge is 0.155 e. The first-order valence-corrected chi connectivity index (χ1v) is 6.02. The van der Waals surface area contributed by atoms with Crippen LogP contribution in [0.25, 0.3) is 0 Å². The molecule has 0 aliphatic rings. The SMILES string of the molecule is CC(=O)/C=C(/C)O.CC(=O)/C=C(/C)O.CC(=O)/C=C(/C)O.O.[Sc]. The van der Waals surface area contributed by atoms with Crippen molar-refractivity contribution in [3.63, 3.8) is 0 Å². The average Bonchev–Trinajstić information content (AvgIpc) is 2.10. The number of carbonyl (C=O) groups is 3. The van der Waals surface area contributed by atoms with Crippen molar-refractivity contribution >= 4 is 17.3 Å². The van der Waals surface area contributed by atoms with Crippen LogP contribution in [0, 0.1) is 0 Å². The minimum Gasteiger partial charge on any atom is -0.512 e. The zero-order valence-corrected chi connectivity index (χ0v) is 16.2. The topological polar surface area (TPSA) is 143 Å². The summed E-state index contributed by atoms with van der Waals surface area (Å²) in [6.45, 7) is 8.54. The maximum atomic E-state index is 10.0. The molecule has 0 atom stereocenters. The standard InChI is InChI=1S/3C5H8O2.H2O.Sc/c3*1-4(6)3-5(2)7;;/h3*3,6H,1-2H3;1H2;/b3*4-3-;;. The van der Waals surface area contributed by atoms with Crippen LogP contribution < -0.4 is 0 Å². The van der Waals surface area contributed by atoms with Gasteiger partial charge < -0.3 is 20.8 Å². The van der Waals surface area contributed by atoms with E-state index in [1.165, 1.54) is 59.8 Å². The van der Waals surface area contributed by atoms with Crippen LogP contribution in [0.15, 0.2) is 35.5 Å². The molecule has 0 aliphatic carbocycles. The molecule has 0 fully saturated rings. The fourth-order valence-electron chi connectivity index (χ4n) is 0.882. The molecule has 131 valence electrons. The van der Waals surface area contributed by atoms with Gasteiger partial charge in [0, 0.05) is 44.1 Å². The fraction of sp³-hybridized carbons (Fsp3) is 0.400. The molecule has 8 heteroatoms. The quantitative estimate of drug-likeness (QED) is 0.518. The van der Waals surface area contributed by atoms with Gasteiger partial charge in [-0.25, -0.2) is 0 Å². The van der Waals surface area contributed by atoms with Crippen LogP contribution in [0.5, 0.6) is 0 Å². The van der Waals surface area contributed by atoms with Gasteiger partial charge in [0.05, 0.1) is 17.3 Å². The third kappa shape index (κ3) is 63.7. The molecule has 0 bridgehead atoms. The summed E-state index contributed by atoms with van der Waals surface area (Å²) >= 11 is 0. The van der Waals surface area contributed by atoms with Crippen molar-refractivity contribution in [2.24, 2.45) is 0 Å². The fourth-order valence-corrected chi connectivity index (χ4v) is 0.882. The van der Waals surface area contributed by atoms with Gasteiger partial charge in [0.1, 0.15) is 0 Å². The molecular weight excluding hydrogens is 337 g/mol. The Bertz CT molecular complexity index is 370. The Morgan fingerprint density at radius 3 is 0.696 bits per heavy atom. The van der Waals surface area contributed by atoms with Crippen LogP contribution in [0.2, 0.25) is 0 Å². The summed E-state index contributed by atoms with van der Waals surface area (Å²) in [7, 11) is 0. The van der Waals surface area contributed by atoms with Crippen LogP contribution in [-0.4, -0.2) is 38.1 Å². The number of aliphatic hydroxyl groups excluding tert-OH is 3. The van der Waals surface area contributed by atoms with Crippen LogP contribution in [-0.2, 0) is 40.2 Å². The predicted octanol–water partition coefficient (Wildman–Crippen LogP) is 2.28. The summed E-state index contributed by atoms with van der Waals surface area (Å²) in [5, 5.41) is 25.1. The van der Waals surface area contributed by atoms with E-state index in [-0.39, 0.29) is 65.9 Å².